The predicted octanol–water partition coefficient (Wildman–Crippen LogP) is 6.38. The summed E-state index contributed by atoms with van der Waals surface area (Å²) in [5.41, 5.74) is -3.23. The Kier molecular flexibility index (Phi) is 8.05. The van der Waals surface area contributed by atoms with Crippen LogP contribution in [0.5, 0.6) is 0 Å². The van der Waals surface area contributed by atoms with Crippen LogP contribution in [0.3, 0.4) is 0 Å². The van der Waals surface area contributed by atoms with E-state index in [0.717, 1.165) is 6.92 Å². The molecule has 0 saturated heterocycles. The number of alkyl halides is 17. The maximum atomic E-state index is 13.5. The number of carbonyl (C=O) groups is 1. The summed E-state index contributed by atoms with van der Waals surface area (Å²) < 4.78 is 226. The zero-order chi connectivity index (χ0) is 27.3. The number of carbonyl (C=O) groups excluding carboxylic acids is 1. The zero-order valence-electron chi connectivity index (χ0n) is 15.7. The second-order valence-electron chi connectivity index (χ2n) is 6.63. The molecule has 1 unspecified atom stereocenters. The molecule has 0 radical (unpaired) electrons. The first-order chi connectivity index (χ1) is 14.1. The Morgan fingerprint density at radius 2 is 1.00 bits per heavy atom. The van der Waals surface area contributed by atoms with Crippen LogP contribution in [0.1, 0.15) is 20.3 Å². The van der Waals surface area contributed by atoms with E-state index in [1.807, 2.05) is 0 Å². The van der Waals surface area contributed by atoms with Crippen molar-refractivity contribution in [3.8, 4) is 0 Å². The van der Waals surface area contributed by atoms with Gasteiger partial charge < -0.3 is 4.74 Å². The molecule has 0 amide bonds. The van der Waals surface area contributed by atoms with Crippen LogP contribution in [0, 0.1) is 0 Å². The predicted molar refractivity (Wildman–Crippen MR) is 71.4 cm³/mol. The Morgan fingerprint density at radius 1 is 0.667 bits per heavy atom. The molecule has 0 heterocycles. The minimum absolute atomic E-state index is 0.292. The molecule has 1 atom stereocenters. The second kappa shape index (κ2) is 8.49. The first kappa shape index (κ1) is 31.3. The van der Waals surface area contributed by atoms with Gasteiger partial charge in [-0.15, -0.1) is 0 Å². The van der Waals surface area contributed by atoms with Crippen LogP contribution in [0.15, 0.2) is 0 Å². The van der Waals surface area contributed by atoms with Crippen LogP contribution in [-0.4, -0.2) is 66.1 Å². The van der Waals surface area contributed by atoms with E-state index in [-0.39, 0.29) is 0 Å². The highest BCUT2D eigenvalue weighted by molar-refractivity contribution is 5.78. The lowest BCUT2D eigenvalue weighted by Gasteiger charge is -2.42. The summed E-state index contributed by atoms with van der Waals surface area (Å²) in [7, 11) is 0. The van der Waals surface area contributed by atoms with Crippen LogP contribution in [0.2, 0.25) is 0 Å². The van der Waals surface area contributed by atoms with Gasteiger partial charge in [0.15, 0.2) is 6.61 Å². The third-order valence-electron chi connectivity index (χ3n) is 4.20. The van der Waals surface area contributed by atoms with Crippen LogP contribution in [0.4, 0.5) is 74.6 Å². The number of hydrogen-bond acceptors (Lipinski definition) is 2. The fourth-order valence-electron chi connectivity index (χ4n) is 1.71. The fourth-order valence-corrected chi connectivity index (χ4v) is 1.71. The lowest BCUT2D eigenvalue weighted by molar-refractivity contribution is -0.447. The molecule has 0 aliphatic carbocycles. The van der Waals surface area contributed by atoms with Gasteiger partial charge in [-0.2, -0.15) is 61.5 Å². The quantitative estimate of drug-likeness (QED) is 0.227. The molecule has 0 aromatic heterocycles. The van der Waals surface area contributed by atoms with E-state index in [1.54, 1.807) is 0 Å². The average Bonchev–Trinajstić information content (AvgIpc) is 2.64. The van der Waals surface area contributed by atoms with E-state index in [1.165, 1.54) is 0 Å². The fraction of sp³-hybridized carbons (Fsp3) is 0.929. The van der Waals surface area contributed by atoms with Crippen LogP contribution < -0.4 is 0 Å². The summed E-state index contributed by atoms with van der Waals surface area (Å²) in [6, 6.07) is 0. The minimum atomic E-state index is -8.54. The molecule has 0 aliphatic rings. The molecule has 19 heteroatoms. The molecule has 0 aliphatic heterocycles. The normalized spacial score (nSPS) is 17.2. The zero-order valence-corrected chi connectivity index (χ0v) is 15.7. The van der Waals surface area contributed by atoms with Crippen molar-refractivity contribution in [2.75, 3.05) is 6.61 Å². The Hall–Kier alpha value is -1.72. The topological polar surface area (TPSA) is 26.3 Å². The number of halogens is 17. The van der Waals surface area contributed by atoms with Crippen molar-refractivity contribution < 1.29 is 84.2 Å². The Labute approximate surface area is 172 Å². The molecule has 2 nitrogen and oxygen atoms in total. The Bertz CT molecular complexity index is 713. The monoisotopic (exact) mass is 534 g/mol. The largest absolute Gasteiger partial charge is 0.457 e. The van der Waals surface area contributed by atoms with Crippen molar-refractivity contribution in [1.29, 1.82) is 0 Å². The highest BCUT2D eigenvalue weighted by Crippen LogP contribution is 2.62. The van der Waals surface area contributed by atoms with E-state index < -0.39 is 72.5 Å². The smallest absolute Gasteiger partial charge is 0.385 e. The SMILES string of the molecule is CCC(C)(F)C(=O)OCC(F)(F)C(F)(F)C(F)(F)C(F)(F)C(F)(F)C(F)(F)C(F)(F)C(F)F. The van der Waals surface area contributed by atoms with E-state index >= 15 is 0 Å². The molecule has 0 fully saturated rings. The first-order valence-electron chi connectivity index (χ1n) is 7.92. The standard InChI is InChI=1S/C14H11F17O2/c1-3-7(2,17)6(32)33-4-8(18,19)10(22,23)12(26,27)14(30,31)13(28,29)11(24,25)9(20,21)5(15)16/h5H,3-4H2,1-2H3. The maximum Gasteiger partial charge on any atom is 0.385 e. The highest BCUT2D eigenvalue weighted by atomic mass is 19.4. The average molecular weight is 534 g/mol. The van der Waals surface area contributed by atoms with Crippen molar-refractivity contribution in [2.45, 2.75) is 73.8 Å². The molecular weight excluding hydrogens is 523 g/mol. The van der Waals surface area contributed by atoms with Gasteiger partial charge in [0.1, 0.15) is 0 Å². The van der Waals surface area contributed by atoms with E-state index in [9.17, 15) is 79.4 Å². The molecule has 0 saturated carbocycles. The van der Waals surface area contributed by atoms with Crippen molar-refractivity contribution >= 4 is 5.97 Å². The number of ether oxygens (including phenoxy) is 1. The van der Waals surface area contributed by atoms with Gasteiger partial charge in [0.25, 0.3) is 0 Å². The molecule has 0 spiro atoms. The summed E-state index contributed by atoms with van der Waals surface area (Å²) >= 11 is 0. The summed E-state index contributed by atoms with van der Waals surface area (Å²) in [5, 5.41) is 0. The third-order valence-corrected chi connectivity index (χ3v) is 4.20. The van der Waals surface area contributed by atoms with Gasteiger partial charge in [-0.3, -0.25) is 0 Å². The van der Waals surface area contributed by atoms with Gasteiger partial charge >= 0.3 is 53.9 Å². The van der Waals surface area contributed by atoms with Crippen molar-refractivity contribution in [3.05, 3.63) is 0 Å². The van der Waals surface area contributed by atoms with E-state index in [4.69, 9.17) is 0 Å². The lowest BCUT2D eigenvalue weighted by atomic mass is 9.89. The van der Waals surface area contributed by atoms with Gasteiger partial charge in [0, 0.05) is 0 Å². The van der Waals surface area contributed by atoms with Crippen LogP contribution >= 0.6 is 0 Å². The molecule has 33 heavy (non-hydrogen) atoms. The van der Waals surface area contributed by atoms with Crippen LogP contribution in [0.25, 0.3) is 0 Å². The van der Waals surface area contributed by atoms with Gasteiger partial charge in [-0.25, -0.2) is 18.0 Å². The molecule has 198 valence electrons. The number of rotatable bonds is 11. The number of hydrogen-bond donors (Lipinski definition) is 0. The highest BCUT2D eigenvalue weighted by Gasteiger charge is 2.93. The third kappa shape index (κ3) is 4.51. The maximum absolute atomic E-state index is 13.5. The van der Waals surface area contributed by atoms with Crippen molar-refractivity contribution in [3.63, 3.8) is 0 Å². The van der Waals surface area contributed by atoms with Gasteiger partial charge in [-0.1, -0.05) is 6.92 Å². The van der Waals surface area contributed by atoms with Crippen LogP contribution in [-0.2, 0) is 9.53 Å². The number of esters is 1. The molecule has 0 rings (SSSR count). The van der Waals surface area contributed by atoms with Crippen molar-refractivity contribution in [2.24, 2.45) is 0 Å². The Morgan fingerprint density at radius 3 is 1.33 bits per heavy atom. The minimum Gasteiger partial charge on any atom is -0.457 e. The molecule has 0 aromatic rings. The molecular formula is C14H11F17O2. The Balaban J connectivity index is 6.38. The van der Waals surface area contributed by atoms with E-state index in [0.29, 0.717) is 6.92 Å². The van der Waals surface area contributed by atoms with Gasteiger partial charge in [-0.05, 0) is 13.3 Å². The molecule has 0 bridgehead atoms. The molecule has 0 N–H and O–H groups in total. The first-order valence-corrected chi connectivity index (χ1v) is 7.92. The summed E-state index contributed by atoms with van der Waals surface area (Å²) in [4.78, 5) is 11.1. The second-order valence-corrected chi connectivity index (χ2v) is 6.63. The summed E-state index contributed by atoms with van der Waals surface area (Å²) in [6.07, 6.45) is -6.83. The van der Waals surface area contributed by atoms with Gasteiger partial charge in [0.2, 0.25) is 5.67 Å². The summed E-state index contributed by atoms with van der Waals surface area (Å²) in [5.74, 6) is -58.3. The van der Waals surface area contributed by atoms with E-state index in [2.05, 4.69) is 4.74 Å². The van der Waals surface area contributed by atoms with Gasteiger partial charge in [0.05, 0.1) is 0 Å². The lowest BCUT2D eigenvalue weighted by Crippen LogP contribution is -2.74. The van der Waals surface area contributed by atoms with Crippen molar-refractivity contribution in [1.82, 2.24) is 0 Å². The summed E-state index contributed by atoms with van der Waals surface area (Å²) in [6.45, 7) is -2.26. The molecule has 0 aromatic carbocycles.